The number of pyridine rings is 1. The van der Waals surface area contributed by atoms with E-state index in [9.17, 15) is 23.8 Å². The van der Waals surface area contributed by atoms with Gasteiger partial charge in [-0.25, -0.2) is 14.8 Å². The van der Waals surface area contributed by atoms with Crippen LogP contribution in [-0.2, 0) is 25.1 Å². The highest BCUT2D eigenvalue weighted by atomic mass is 32.1. The fourth-order valence-electron chi connectivity index (χ4n) is 8.60. The molecule has 0 spiro atoms. The van der Waals surface area contributed by atoms with E-state index >= 15 is 0 Å². The lowest BCUT2D eigenvalue weighted by Crippen LogP contribution is -2.58. The van der Waals surface area contributed by atoms with Crippen molar-refractivity contribution in [3.05, 3.63) is 77.7 Å². The minimum atomic E-state index is -4.10. The Hall–Kier alpha value is -4.98. The number of fused-ring (bicyclic) bond motifs is 1. The molecule has 62 heavy (non-hydrogen) atoms. The Morgan fingerprint density at radius 2 is 1.84 bits per heavy atom. The maximum Gasteiger partial charge on any atom is 0.408 e. The Morgan fingerprint density at radius 1 is 1.08 bits per heavy atom. The molecule has 1 unspecified atom stereocenters. The maximum absolute atomic E-state index is 14.9. The first kappa shape index (κ1) is 45.1. The van der Waals surface area contributed by atoms with Crippen LogP contribution in [0.1, 0.15) is 84.3 Å². The minimum Gasteiger partial charge on any atom is -0.497 e. The number of methoxy groups -OCH3 is 1. The van der Waals surface area contributed by atoms with Crippen LogP contribution in [0.3, 0.4) is 0 Å². The van der Waals surface area contributed by atoms with E-state index in [4.69, 9.17) is 24.2 Å². The monoisotopic (exact) mass is 886 g/mol. The van der Waals surface area contributed by atoms with Gasteiger partial charge in [-0.2, -0.15) is 0 Å². The smallest absolute Gasteiger partial charge is 0.408 e. The summed E-state index contributed by atoms with van der Waals surface area (Å²) in [6, 6.07) is 12.7. The molecule has 3 amide bonds. The topological polar surface area (TPSA) is 181 Å². The highest BCUT2D eigenvalue weighted by Crippen LogP contribution is 2.70. The number of amides is 3. The lowest BCUT2D eigenvalue weighted by atomic mass is 9.85. The number of hydrogen-bond donors (Lipinski definition) is 4. The summed E-state index contributed by atoms with van der Waals surface area (Å²) >= 11 is 1.46. The van der Waals surface area contributed by atoms with Gasteiger partial charge in [-0.15, -0.1) is 17.9 Å². The van der Waals surface area contributed by atoms with Crippen molar-refractivity contribution >= 4 is 52.6 Å². The molecule has 3 fully saturated rings. The number of nitrogens with one attached hydrogen (secondary N) is 3. The van der Waals surface area contributed by atoms with Crippen molar-refractivity contribution in [2.24, 2.45) is 11.3 Å². The van der Waals surface area contributed by atoms with E-state index in [1.54, 1.807) is 19.3 Å². The zero-order chi connectivity index (χ0) is 44.6. The van der Waals surface area contributed by atoms with Gasteiger partial charge in [0.25, 0.3) is 0 Å². The van der Waals surface area contributed by atoms with E-state index in [1.807, 2.05) is 89.4 Å². The van der Waals surface area contributed by atoms with E-state index < -0.39 is 60.1 Å². The minimum absolute atomic E-state index is 0.0186. The number of carbonyl (C=O) groups excluding carboxylic acids is 3. The Balaban J connectivity index is 1.22. The van der Waals surface area contributed by atoms with Crippen LogP contribution >= 0.6 is 18.7 Å². The number of carbonyl (C=O) groups is 3. The van der Waals surface area contributed by atoms with Crippen LogP contribution in [-0.4, -0.2) is 86.9 Å². The molecule has 332 valence electrons. The van der Waals surface area contributed by atoms with Gasteiger partial charge in [-0.05, 0) is 76.0 Å². The quantitative estimate of drug-likeness (QED) is 0.0665. The fourth-order valence-corrected chi connectivity index (χ4v) is 11.8. The van der Waals surface area contributed by atoms with Gasteiger partial charge >= 0.3 is 6.09 Å². The molecule has 0 radical (unpaired) electrons. The predicted octanol–water partition coefficient (Wildman–Crippen LogP) is 8.42. The van der Waals surface area contributed by atoms with Crippen LogP contribution in [0.2, 0.25) is 0 Å². The first-order valence-electron chi connectivity index (χ1n) is 21.4. The number of likely N-dealkylation sites (tertiary alicyclic amines) is 1. The summed E-state index contributed by atoms with van der Waals surface area (Å²) < 4.78 is 32.5. The second-order valence-corrected chi connectivity index (χ2v) is 21.6. The lowest BCUT2D eigenvalue weighted by Gasteiger charge is -2.36. The van der Waals surface area contributed by atoms with Crippen molar-refractivity contribution in [2.45, 2.75) is 122 Å². The zero-order valence-corrected chi connectivity index (χ0v) is 38.3. The fraction of sp³-hybridized carbons (Fsp3) is 0.500. The summed E-state index contributed by atoms with van der Waals surface area (Å²) in [5, 5.41) is 11.0. The van der Waals surface area contributed by atoms with Gasteiger partial charge in [-0.1, -0.05) is 56.7 Å². The summed E-state index contributed by atoms with van der Waals surface area (Å²) in [4.78, 5) is 65.9. The predicted molar refractivity (Wildman–Crippen MR) is 242 cm³/mol. The number of rotatable bonds is 15. The SMILES string of the molecule is C=C[C@@H]1C[C@]1(NC(=O)[C@@H]1C[C@@H](Oc2cc(-c3csc(NC(C)C)n3)nc3cc(OC)ccc23)CN1C(=O)[C@@H](NC(=O)OC1CCCC1)C(C)(C)C)P(=O)(O)Cc1cccc(C)c1. The van der Waals surface area contributed by atoms with Crippen molar-refractivity contribution < 1.29 is 38.1 Å². The number of aromatic nitrogens is 2. The van der Waals surface area contributed by atoms with Gasteiger partial charge in [0.15, 0.2) is 5.13 Å². The van der Waals surface area contributed by atoms with Crippen molar-refractivity contribution in [2.75, 3.05) is 19.0 Å². The number of thiazole rings is 1. The Kier molecular flexibility index (Phi) is 13.1. The Bertz CT molecular complexity index is 2380. The molecule has 16 heteroatoms. The van der Waals surface area contributed by atoms with Crippen LogP contribution in [0.4, 0.5) is 9.93 Å². The molecule has 2 aliphatic carbocycles. The number of anilines is 1. The van der Waals surface area contributed by atoms with Gasteiger partial charge in [0.05, 0.1) is 31.0 Å². The number of nitrogens with zero attached hydrogens (tertiary/aromatic N) is 3. The normalized spacial score (nSPS) is 22.8. The van der Waals surface area contributed by atoms with Gasteiger partial charge < -0.3 is 40.0 Å². The molecule has 2 aromatic heterocycles. The number of aryl methyl sites for hydroxylation is 1. The van der Waals surface area contributed by atoms with Crippen LogP contribution in [0.15, 0.2) is 66.6 Å². The van der Waals surface area contributed by atoms with E-state index in [-0.39, 0.29) is 37.7 Å². The molecular formula is C46H59N6O8PS. The van der Waals surface area contributed by atoms with Gasteiger partial charge in [-0.3, -0.25) is 14.2 Å². The molecule has 3 aliphatic rings. The van der Waals surface area contributed by atoms with Crippen LogP contribution < -0.4 is 25.4 Å². The third-order valence-corrected chi connectivity index (χ3v) is 15.4. The molecular weight excluding hydrogens is 828 g/mol. The first-order valence-corrected chi connectivity index (χ1v) is 24.1. The molecule has 4 aromatic rings. The van der Waals surface area contributed by atoms with E-state index in [0.717, 1.165) is 36.4 Å². The van der Waals surface area contributed by atoms with Gasteiger partial charge in [0.1, 0.15) is 46.8 Å². The van der Waals surface area contributed by atoms with Crippen molar-refractivity contribution in [3.63, 3.8) is 0 Å². The number of ether oxygens (including phenoxy) is 3. The maximum atomic E-state index is 14.9. The summed E-state index contributed by atoms with van der Waals surface area (Å²) in [7, 11) is -2.52. The first-order chi connectivity index (χ1) is 29.4. The molecule has 6 atom stereocenters. The molecule has 1 saturated heterocycles. The lowest BCUT2D eigenvalue weighted by molar-refractivity contribution is -0.142. The van der Waals surface area contributed by atoms with Crippen LogP contribution in [0.25, 0.3) is 22.3 Å². The highest BCUT2D eigenvalue weighted by Gasteiger charge is 2.65. The van der Waals surface area contributed by atoms with Crippen LogP contribution in [0.5, 0.6) is 11.5 Å². The number of alkyl carbamates (subject to hydrolysis) is 1. The van der Waals surface area contributed by atoms with Crippen molar-refractivity contribution in [1.82, 2.24) is 25.5 Å². The molecule has 7 rings (SSSR count). The second kappa shape index (κ2) is 18.0. The zero-order valence-electron chi connectivity index (χ0n) is 36.6. The summed E-state index contributed by atoms with van der Waals surface area (Å²) in [6.07, 6.45) is 3.56. The van der Waals surface area contributed by atoms with Crippen molar-refractivity contribution in [3.8, 4) is 22.9 Å². The molecule has 3 heterocycles. The van der Waals surface area contributed by atoms with E-state index in [2.05, 4.69) is 22.5 Å². The molecule has 4 N–H and O–H groups in total. The van der Waals surface area contributed by atoms with E-state index in [0.29, 0.717) is 39.4 Å². The van der Waals surface area contributed by atoms with Gasteiger partial charge in [0, 0.05) is 41.3 Å². The molecule has 14 nitrogen and oxygen atoms in total. The number of benzene rings is 2. The molecule has 0 bridgehead atoms. The van der Waals surface area contributed by atoms with Crippen molar-refractivity contribution in [1.29, 1.82) is 0 Å². The second-order valence-electron chi connectivity index (χ2n) is 18.3. The summed E-state index contributed by atoms with van der Waals surface area (Å²) in [5.74, 6) is -0.482. The Labute approximate surface area is 367 Å². The third-order valence-electron chi connectivity index (χ3n) is 12.0. The van der Waals surface area contributed by atoms with E-state index in [1.165, 1.54) is 16.2 Å². The Morgan fingerprint density at radius 3 is 2.50 bits per heavy atom. The highest BCUT2D eigenvalue weighted by molar-refractivity contribution is 7.59. The molecule has 1 aliphatic heterocycles. The average Bonchev–Trinajstić information content (AvgIpc) is 3.60. The van der Waals surface area contributed by atoms with Crippen LogP contribution in [0, 0.1) is 18.3 Å². The molecule has 2 saturated carbocycles. The average molecular weight is 887 g/mol. The largest absolute Gasteiger partial charge is 0.497 e. The third kappa shape index (κ3) is 9.80. The van der Waals surface area contributed by atoms with Gasteiger partial charge in [0.2, 0.25) is 19.2 Å². The number of hydrogen-bond acceptors (Lipinski definition) is 11. The summed E-state index contributed by atoms with van der Waals surface area (Å²) in [6.45, 7) is 15.4. The molecule has 2 aromatic carbocycles. The summed E-state index contributed by atoms with van der Waals surface area (Å²) in [5.41, 5.74) is 2.63. The standard InChI is InChI=1S/C46H59N6O8PS/c1-9-30-23-46(30,61(56,57)25-29-14-12-13-28(4)19-29)51-41(53)38-21-33(24-52(38)42(54)40(45(5,6)7)50-44(55)60-31-15-10-11-16-31)59-39-22-36(37-26-62-43(49-37)47-27(2)3)48-35-20-32(58-8)17-18-34(35)39/h9,12-14,17-20,22,26-27,30-31,33,38,40H,1,10-11,15-16,21,23-25H2,2-8H3,(H,47,49)(H,50,55)(H,51,53)(H,56,57)/t30-,33-,38+,40-,46+/m1/s1.